The SMILES string of the molecule is CC1(C)c2cccc3c2-c2c1cc(-c1cccc(N(c4ccccc4)c4ccc5c(c4)oc4ccccc45)c1)c1ccc4sc5cccc-3c5c4c21. The molecule has 0 radical (unpaired) electrons. The molecule has 8 aromatic carbocycles. The molecule has 0 N–H and O–H groups in total. The average Bonchev–Trinajstić information content (AvgIpc) is 3.79. The third kappa shape index (κ3) is 3.63. The summed E-state index contributed by atoms with van der Waals surface area (Å²) >= 11 is 1.92. The first-order valence-corrected chi connectivity index (χ1v) is 18.8. The summed E-state index contributed by atoms with van der Waals surface area (Å²) in [6.45, 7) is 4.82. The number of furan rings is 1. The van der Waals surface area contributed by atoms with Crippen LogP contribution in [0.4, 0.5) is 17.1 Å². The molecule has 10 aromatic rings. The van der Waals surface area contributed by atoms with Crippen molar-refractivity contribution >= 4 is 81.3 Å². The van der Waals surface area contributed by atoms with Crippen molar-refractivity contribution in [3.63, 3.8) is 0 Å². The molecule has 2 aromatic heterocycles. The lowest BCUT2D eigenvalue weighted by atomic mass is 9.79. The highest BCUT2D eigenvalue weighted by Crippen LogP contribution is 2.60. The molecule has 3 heteroatoms. The van der Waals surface area contributed by atoms with Crippen LogP contribution < -0.4 is 4.90 Å². The largest absolute Gasteiger partial charge is 0.456 e. The zero-order chi connectivity index (χ0) is 34.3. The second-order valence-corrected chi connectivity index (χ2v) is 15.9. The Morgan fingerprint density at radius 3 is 2.12 bits per heavy atom. The minimum Gasteiger partial charge on any atom is -0.456 e. The van der Waals surface area contributed by atoms with E-state index in [1.807, 2.05) is 23.5 Å². The quantitative estimate of drug-likeness (QED) is 0.184. The molecular formula is C49H31NOS. The van der Waals surface area contributed by atoms with E-state index < -0.39 is 0 Å². The topological polar surface area (TPSA) is 16.4 Å². The molecule has 0 amide bonds. The van der Waals surface area contributed by atoms with E-state index in [0.29, 0.717) is 0 Å². The highest BCUT2D eigenvalue weighted by molar-refractivity contribution is 7.26. The Bertz CT molecular complexity index is 3160. The van der Waals surface area contributed by atoms with Gasteiger partial charge in [0, 0.05) is 59.5 Å². The van der Waals surface area contributed by atoms with Crippen molar-refractivity contribution in [2.24, 2.45) is 0 Å². The number of anilines is 3. The van der Waals surface area contributed by atoms with Gasteiger partial charge in [-0.2, -0.15) is 0 Å². The Morgan fingerprint density at radius 1 is 0.462 bits per heavy atom. The van der Waals surface area contributed by atoms with E-state index in [4.69, 9.17) is 4.42 Å². The normalized spacial score (nSPS) is 13.7. The highest BCUT2D eigenvalue weighted by Gasteiger charge is 2.40. The minimum atomic E-state index is -0.136. The summed E-state index contributed by atoms with van der Waals surface area (Å²) in [6, 6.07) is 55.8. The molecule has 0 bridgehead atoms. The van der Waals surface area contributed by atoms with Crippen LogP contribution in [-0.2, 0) is 5.41 Å². The van der Waals surface area contributed by atoms with Gasteiger partial charge in [-0.3, -0.25) is 0 Å². The van der Waals surface area contributed by atoms with E-state index in [9.17, 15) is 0 Å². The van der Waals surface area contributed by atoms with Crippen molar-refractivity contribution in [2.75, 3.05) is 4.90 Å². The van der Waals surface area contributed by atoms with Crippen LogP contribution in [0.25, 0.3) is 86.3 Å². The second-order valence-electron chi connectivity index (χ2n) is 14.8. The Morgan fingerprint density at radius 2 is 1.19 bits per heavy atom. The number of nitrogens with zero attached hydrogens (tertiary/aromatic N) is 1. The number of hydrogen-bond donors (Lipinski definition) is 0. The maximum Gasteiger partial charge on any atom is 0.137 e. The van der Waals surface area contributed by atoms with Gasteiger partial charge in [0.05, 0.1) is 0 Å². The molecule has 244 valence electrons. The van der Waals surface area contributed by atoms with Gasteiger partial charge in [-0.1, -0.05) is 98.8 Å². The van der Waals surface area contributed by atoms with Crippen molar-refractivity contribution in [2.45, 2.75) is 19.3 Å². The van der Waals surface area contributed by atoms with Gasteiger partial charge >= 0.3 is 0 Å². The predicted molar refractivity (Wildman–Crippen MR) is 221 cm³/mol. The maximum absolute atomic E-state index is 6.38. The maximum atomic E-state index is 6.38. The lowest BCUT2D eigenvalue weighted by Crippen LogP contribution is -2.15. The monoisotopic (exact) mass is 681 g/mol. The third-order valence-corrected chi connectivity index (χ3v) is 12.9. The molecule has 2 aliphatic carbocycles. The summed E-state index contributed by atoms with van der Waals surface area (Å²) in [5.74, 6) is 0. The van der Waals surface area contributed by atoms with Gasteiger partial charge in [0.1, 0.15) is 11.2 Å². The molecule has 0 aliphatic heterocycles. The van der Waals surface area contributed by atoms with Crippen LogP contribution in [0.5, 0.6) is 0 Å². The molecule has 2 heterocycles. The Kier molecular flexibility index (Phi) is 5.49. The molecular weight excluding hydrogens is 651 g/mol. The van der Waals surface area contributed by atoms with Gasteiger partial charge in [0.15, 0.2) is 0 Å². The predicted octanol–water partition coefficient (Wildman–Crippen LogP) is 14.5. The van der Waals surface area contributed by atoms with Crippen LogP contribution in [0.2, 0.25) is 0 Å². The van der Waals surface area contributed by atoms with Gasteiger partial charge in [-0.05, 0) is 116 Å². The first kappa shape index (κ1) is 28.5. The number of thiophene rings is 1. The average molecular weight is 682 g/mol. The van der Waals surface area contributed by atoms with Crippen molar-refractivity contribution in [1.82, 2.24) is 0 Å². The molecule has 0 unspecified atom stereocenters. The molecule has 0 atom stereocenters. The van der Waals surface area contributed by atoms with E-state index >= 15 is 0 Å². The smallest absolute Gasteiger partial charge is 0.137 e. The van der Waals surface area contributed by atoms with Gasteiger partial charge in [-0.25, -0.2) is 0 Å². The lowest BCUT2D eigenvalue weighted by Gasteiger charge is -2.26. The number of benzene rings is 8. The van der Waals surface area contributed by atoms with E-state index in [1.165, 1.54) is 75.5 Å². The van der Waals surface area contributed by atoms with Crippen LogP contribution >= 0.6 is 11.3 Å². The van der Waals surface area contributed by atoms with E-state index in [0.717, 1.165) is 39.0 Å². The molecule has 12 rings (SSSR count). The number of fused-ring (bicyclic) bond motifs is 4. The highest BCUT2D eigenvalue weighted by atomic mass is 32.1. The van der Waals surface area contributed by atoms with Gasteiger partial charge in [0.2, 0.25) is 0 Å². The summed E-state index contributed by atoms with van der Waals surface area (Å²) in [4.78, 5) is 2.35. The van der Waals surface area contributed by atoms with Gasteiger partial charge in [0.25, 0.3) is 0 Å². The lowest BCUT2D eigenvalue weighted by molar-refractivity contribution is 0.661. The van der Waals surface area contributed by atoms with Crippen molar-refractivity contribution in [1.29, 1.82) is 0 Å². The molecule has 2 aliphatic rings. The molecule has 2 nitrogen and oxygen atoms in total. The number of hydrogen-bond acceptors (Lipinski definition) is 3. The Labute approximate surface area is 304 Å². The van der Waals surface area contributed by atoms with E-state index in [1.54, 1.807) is 0 Å². The van der Waals surface area contributed by atoms with E-state index in [-0.39, 0.29) is 5.41 Å². The van der Waals surface area contributed by atoms with Crippen LogP contribution in [0.15, 0.2) is 156 Å². The summed E-state index contributed by atoms with van der Waals surface area (Å²) in [6.07, 6.45) is 0. The van der Waals surface area contributed by atoms with Crippen molar-refractivity contribution in [3.8, 4) is 33.4 Å². The third-order valence-electron chi connectivity index (χ3n) is 11.8. The summed E-state index contributed by atoms with van der Waals surface area (Å²) in [5.41, 5.74) is 15.8. The first-order chi connectivity index (χ1) is 25.5. The molecule has 0 saturated carbocycles. The summed E-state index contributed by atoms with van der Waals surface area (Å²) < 4.78 is 9.10. The summed E-state index contributed by atoms with van der Waals surface area (Å²) in [7, 11) is 0. The second kappa shape index (κ2) is 10.00. The standard InChI is InChI=1S/C49H31NOS/c1-49(2)38-18-9-16-34-35-17-10-20-42-45(35)48-43(52-42)24-23-36-37(27-39(49)47(44(34)38)46(36)48)28-11-8-14-30(25-28)50(29-12-4-3-5-13-29)31-21-22-33-32-15-6-7-19-40(32)51-41(33)26-31/h3-27H,1-2H3. The Hall–Kier alpha value is -6.16. The zero-order valence-electron chi connectivity index (χ0n) is 28.7. The number of para-hydroxylation sites is 2. The molecule has 0 saturated heterocycles. The first-order valence-electron chi connectivity index (χ1n) is 18.0. The molecule has 0 fully saturated rings. The van der Waals surface area contributed by atoms with Crippen LogP contribution in [0.3, 0.4) is 0 Å². The van der Waals surface area contributed by atoms with Gasteiger partial charge < -0.3 is 9.32 Å². The van der Waals surface area contributed by atoms with Crippen molar-refractivity contribution < 1.29 is 4.42 Å². The zero-order valence-corrected chi connectivity index (χ0v) is 29.5. The fourth-order valence-electron chi connectivity index (χ4n) is 9.44. The fraction of sp³-hybridized carbons (Fsp3) is 0.0612. The summed E-state index contributed by atoms with van der Waals surface area (Å²) in [5, 5.41) is 7.80. The Balaban J connectivity index is 1.13. The minimum absolute atomic E-state index is 0.136. The van der Waals surface area contributed by atoms with Crippen LogP contribution in [-0.4, -0.2) is 0 Å². The number of rotatable bonds is 4. The van der Waals surface area contributed by atoms with Crippen LogP contribution in [0.1, 0.15) is 25.0 Å². The molecule has 52 heavy (non-hydrogen) atoms. The van der Waals surface area contributed by atoms with Crippen LogP contribution in [0, 0.1) is 0 Å². The van der Waals surface area contributed by atoms with Gasteiger partial charge in [-0.15, -0.1) is 11.3 Å². The fourth-order valence-corrected chi connectivity index (χ4v) is 10.6. The molecule has 0 spiro atoms. The van der Waals surface area contributed by atoms with E-state index in [2.05, 4.69) is 158 Å². The van der Waals surface area contributed by atoms with Crippen molar-refractivity contribution in [3.05, 3.63) is 163 Å².